The van der Waals surface area contributed by atoms with Gasteiger partial charge in [-0.2, -0.15) is 13.2 Å². The molecular formula is C30H26F3N3O5. The Bertz CT molecular complexity index is 1640. The molecule has 4 aromatic rings. The van der Waals surface area contributed by atoms with Crippen LogP contribution < -0.4 is 4.74 Å². The molecule has 6 rings (SSSR count). The Labute approximate surface area is 232 Å². The average molecular weight is 566 g/mol. The Morgan fingerprint density at radius 1 is 1.00 bits per heavy atom. The molecule has 3 aromatic carbocycles. The fraction of sp³-hybridized carbons (Fsp3) is 0.300. The number of nitro groups is 1. The van der Waals surface area contributed by atoms with E-state index in [1.165, 1.54) is 27.8 Å². The Morgan fingerprint density at radius 2 is 1.68 bits per heavy atom. The van der Waals surface area contributed by atoms with Gasteiger partial charge in [-0.1, -0.05) is 48.5 Å². The lowest BCUT2D eigenvalue weighted by Crippen LogP contribution is -2.54. The highest BCUT2D eigenvalue weighted by Crippen LogP contribution is 2.48. The number of esters is 1. The third-order valence-corrected chi connectivity index (χ3v) is 8.35. The van der Waals surface area contributed by atoms with Gasteiger partial charge in [-0.05, 0) is 43.6 Å². The number of alkyl halides is 3. The molecule has 0 saturated carbocycles. The van der Waals surface area contributed by atoms with Gasteiger partial charge in [0.05, 0.1) is 15.9 Å². The van der Waals surface area contributed by atoms with Gasteiger partial charge in [-0.25, -0.2) is 0 Å². The van der Waals surface area contributed by atoms with Crippen LogP contribution in [0.3, 0.4) is 0 Å². The summed E-state index contributed by atoms with van der Waals surface area (Å²) >= 11 is 0. The van der Waals surface area contributed by atoms with E-state index in [-0.39, 0.29) is 54.6 Å². The number of hydrogen-bond acceptors (Lipinski definition) is 6. The highest BCUT2D eigenvalue weighted by molar-refractivity contribution is 5.91. The molecule has 0 aliphatic carbocycles. The van der Waals surface area contributed by atoms with Crippen LogP contribution in [0.25, 0.3) is 10.9 Å². The number of hydrogen-bond donors (Lipinski definition) is 1. The fourth-order valence-electron chi connectivity index (χ4n) is 6.11. The van der Waals surface area contributed by atoms with Gasteiger partial charge in [0.15, 0.2) is 0 Å². The predicted octanol–water partition coefficient (Wildman–Crippen LogP) is 5.30. The lowest BCUT2D eigenvalue weighted by atomic mass is 9.73. The highest BCUT2D eigenvalue weighted by atomic mass is 19.4. The van der Waals surface area contributed by atoms with Crippen LogP contribution in [0.1, 0.15) is 29.5 Å². The van der Waals surface area contributed by atoms with Crippen molar-refractivity contribution in [3.63, 3.8) is 0 Å². The molecule has 1 fully saturated rings. The maximum Gasteiger partial charge on any atom is 0.422 e. The number of ether oxygens (including phenoxy) is 1. The Balaban J connectivity index is 1.36. The molecule has 1 spiro atoms. The standard InChI is InChI=1S/C30H26F3N3O5/c31-30(32,33)29(38,19-34-14-12-28(13-15-34)23-8-4-5-9-26(23)41-27(28)37)24-18-35(17-20-6-2-1-3-7-20)25-16-21(36(39)40)10-11-22(24)25/h1-11,16,18,38H,12-15,17,19H2. The maximum absolute atomic E-state index is 14.8. The van der Waals surface area contributed by atoms with Crippen molar-refractivity contribution >= 4 is 22.6 Å². The number of non-ortho nitro benzene ring substituents is 1. The molecule has 11 heteroatoms. The molecule has 1 atom stereocenters. The summed E-state index contributed by atoms with van der Waals surface area (Å²) in [4.78, 5) is 25.2. The van der Waals surface area contributed by atoms with E-state index in [9.17, 15) is 33.2 Å². The number of rotatable bonds is 6. The lowest BCUT2D eigenvalue weighted by molar-refractivity contribution is -0.384. The van der Waals surface area contributed by atoms with Crippen LogP contribution in [-0.2, 0) is 22.4 Å². The molecule has 3 heterocycles. The molecule has 1 N–H and O–H groups in total. The summed E-state index contributed by atoms with van der Waals surface area (Å²) in [7, 11) is 0. The minimum absolute atomic E-state index is 0.0770. The van der Waals surface area contributed by atoms with Crippen LogP contribution in [0.2, 0.25) is 0 Å². The number of para-hydroxylation sites is 1. The van der Waals surface area contributed by atoms with Crippen LogP contribution in [0, 0.1) is 10.1 Å². The minimum Gasteiger partial charge on any atom is -0.426 e. The fourth-order valence-corrected chi connectivity index (χ4v) is 6.11. The summed E-state index contributed by atoms with van der Waals surface area (Å²) in [5.41, 5.74) is -3.11. The molecule has 1 unspecified atom stereocenters. The first-order valence-electron chi connectivity index (χ1n) is 13.2. The number of fused-ring (bicyclic) bond motifs is 3. The third-order valence-electron chi connectivity index (χ3n) is 8.35. The van der Waals surface area contributed by atoms with Crippen LogP contribution in [-0.4, -0.2) is 51.3 Å². The lowest BCUT2D eigenvalue weighted by Gasteiger charge is -2.41. The van der Waals surface area contributed by atoms with Crippen molar-refractivity contribution in [2.45, 2.75) is 36.6 Å². The smallest absolute Gasteiger partial charge is 0.422 e. The van der Waals surface area contributed by atoms with Crippen LogP contribution in [0.4, 0.5) is 18.9 Å². The van der Waals surface area contributed by atoms with Gasteiger partial charge in [0.25, 0.3) is 5.69 Å². The highest BCUT2D eigenvalue weighted by Gasteiger charge is 2.58. The van der Waals surface area contributed by atoms with E-state index >= 15 is 0 Å². The number of carbonyl (C=O) groups is 1. The quantitative estimate of drug-likeness (QED) is 0.148. The second-order valence-electron chi connectivity index (χ2n) is 10.7. The molecule has 41 heavy (non-hydrogen) atoms. The van der Waals surface area contributed by atoms with Gasteiger partial charge in [-0.3, -0.25) is 19.8 Å². The second kappa shape index (κ2) is 9.71. The number of aromatic nitrogens is 1. The summed E-state index contributed by atoms with van der Waals surface area (Å²) in [6.45, 7) is -0.336. The first-order chi connectivity index (χ1) is 19.5. The van der Waals surface area contributed by atoms with Gasteiger partial charge in [0, 0.05) is 47.9 Å². The molecule has 2 aliphatic heterocycles. The molecule has 212 valence electrons. The first-order valence-corrected chi connectivity index (χ1v) is 13.2. The number of carbonyl (C=O) groups excluding carboxylic acids is 1. The molecule has 8 nitrogen and oxygen atoms in total. The zero-order valence-corrected chi connectivity index (χ0v) is 21.8. The van der Waals surface area contributed by atoms with Crippen molar-refractivity contribution in [1.29, 1.82) is 0 Å². The Morgan fingerprint density at radius 3 is 2.37 bits per heavy atom. The van der Waals surface area contributed by atoms with Crippen molar-refractivity contribution in [1.82, 2.24) is 9.47 Å². The van der Waals surface area contributed by atoms with E-state index in [4.69, 9.17) is 4.74 Å². The summed E-state index contributed by atoms with van der Waals surface area (Å²) in [6.07, 6.45) is -3.32. The van der Waals surface area contributed by atoms with Crippen LogP contribution in [0.15, 0.2) is 79.0 Å². The number of likely N-dealkylation sites (tertiary alicyclic amines) is 1. The van der Waals surface area contributed by atoms with E-state index in [1.807, 2.05) is 12.1 Å². The average Bonchev–Trinajstić information content (AvgIpc) is 3.44. The molecule has 0 amide bonds. The summed E-state index contributed by atoms with van der Waals surface area (Å²) in [6, 6.07) is 19.7. The van der Waals surface area contributed by atoms with E-state index in [0.29, 0.717) is 5.75 Å². The van der Waals surface area contributed by atoms with Crippen LogP contribution in [0.5, 0.6) is 5.75 Å². The van der Waals surface area contributed by atoms with Crippen molar-refractivity contribution in [3.8, 4) is 5.75 Å². The van der Waals surface area contributed by atoms with Gasteiger partial charge in [0.1, 0.15) is 5.75 Å². The van der Waals surface area contributed by atoms with Gasteiger partial charge >= 0.3 is 12.1 Å². The number of β-amino-alcohol motifs (C(OH)–C–C–N with tert-alkyl or cyclic N) is 1. The Hall–Kier alpha value is -4.22. The van der Waals surface area contributed by atoms with Gasteiger partial charge < -0.3 is 14.4 Å². The van der Waals surface area contributed by atoms with Gasteiger partial charge in [0.2, 0.25) is 5.60 Å². The summed E-state index contributed by atoms with van der Waals surface area (Å²) < 4.78 is 51.4. The van der Waals surface area contributed by atoms with E-state index < -0.39 is 34.6 Å². The maximum atomic E-state index is 14.8. The number of nitro benzene ring substituents is 1. The summed E-state index contributed by atoms with van der Waals surface area (Å²) in [5.74, 6) is 0.0630. The molecule has 2 aliphatic rings. The number of piperidine rings is 1. The van der Waals surface area contributed by atoms with E-state index in [2.05, 4.69) is 0 Å². The minimum atomic E-state index is -5.06. The molecule has 0 radical (unpaired) electrons. The summed E-state index contributed by atoms with van der Waals surface area (Å²) in [5, 5.41) is 23.0. The molecule has 0 bridgehead atoms. The molecule has 1 saturated heterocycles. The molecule has 1 aromatic heterocycles. The number of benzene rings is 3. The SMILES string of the molecule is O=C1Oc2ccccc2C12CCN(CC(O)(c1cn(Cc3ccccc3)c3cc([N+](=O)[O-])ccc13)C(F)(F)F)CC2. The van der Waals surface area contributed by atoms with Crippen molar-refractivity contribution in [2.24, 2.45) is 0 Å². The van der Waals surface area contributed by atoms with Crippen molar-refractivity contribution in [2.75, 3.05) is 19.6 Å². The molecular weight excluding hydrogens is 539 g/mol. The topological polar surface area (TPSA) is 97.8 Å². The Kier molecular flexibility index (Phi) is 6.39. The zero-order valence-electron chi connectivity index (χ0n) is 21.8. The largest absolute Gasteiger partial charge is 0.426 e. The normalized spacial score (nSPS) is 18.3. The number of aliphatic hydroxyl groups is 1. The number of halogens is 3. The van der Waals surface area contributed by atoms with Gasteiger partial charge in [-0.15, -0.1) is 0 Å². The number of nitrogens with zero attached hydrogens (tertiary/aromatic N) is 3. The zero-order chi connectivity index (χ0) is 29.0. The van der Waals surface area contributed by atoms with E-state index in [1.54, 1.807) is 42.5 Å². The van der Waals surface area contributed by atoms with Crippen molar-refractivity contribution in [3.05, 3.63) is 106 Å². The second-order valence-corrected chi connectivity index (χ2v) is 10.7. The van der Waals surface area contributed by atoms with Crippen molar-refractivity contribution < 1.29 is 32.7 Å². The predicted molar refractivity (Wildman–Crippen MR) is 144 cm³/mol. The third kappa shape index (κ3) is 4.45. The van der Waals surface area contributed by atoms with E-state index in [0.717, 1.165) is 17.2 Å². The monoisotopic (exact) mass is 565 g/mol. The van der Waals surface area contributed by atoms with Crippen LogP contribution >= 0.6 is 0 Å². The first kappa shape index (κ1) is 27.0.